The van der Waals surface area contributed by atoms with E-state index in [1.54, 1.807) is 6.92 Å². The van der Waals surface area contributed by atoms with Gasteiger partial charge in [0, 0.05) is 45.1 Å². The van der Waals surface area contributed by atoms with Crippen LogP contribution in [-0.2, 0) is 4.79 Å². The Morgan fingerprint density at radius 2 is 1.73 bits per heavy atom. The van der Waals surface area contributed by atoms with Crippen molar-refractivity contribution in [3.05, 3.63) is 0 Å². The summed E-state index contributed by atoms with van der Waals surface area (Å²) in [6, 6.07) is 0. The van der Waals surface area contributed by atoms with E-state index < -0.39 is 0 Å². The smallest absolute Gasteiger partial charge is 0.219 e. The summed E-state index contributed by atoms with van der Waals surface area (Å²) in [7, 11) is 0. The molecule has 0 radical (unpaired) electrons. The van der Waals surface area contributed by atoms with E-state index in [9.17, 15) is 4.79 Å². The van der Waals surface area contributed by atoms with Gasteiger partial charge in [-0.1, -0.05) is 20.8 Å². The largest absolute Gasteiger partial charge is 0.341 e. The summed E-state index contributed by atoms with van der Waals surface area (Å²) in [5.74, 6) is 0.231. The molecule has 2 aliphatic rings. The molecular weight excluding hydrogens is 188 g/mol. The normalized spacial score (nSPS) is 24.9. The van der Waals surface area contributed by atoms with Crippen LogP contribution in [0.25, 0.3) is 0 Å². The van der Waals surface area contributed by atoms with Gasteiger partial charge in [0.25, 0.3) is 0 Å². The second-order valence-electron chi connectivity index (χ2n) is 6.58. The quantitative estimate of drug-likeness (QED) is 0.649. The molecule has 0 aromatic rings. The van der Waals surface area contributed by atoms with Gasteiger partial charge >= 0.3 is 0 Å². The van der Waals surface area contributed by atoms with Gasteiger partial charge in [-0.25, -0.2) is 0 Å². The lowest BCUT2D eigenvalue weighted by molar-refractivity contribution is -0.158. The second kappa shape index (κ2) is 3.21. The van der Waals surface area contributed by atoms with Crippen LogP contribution in [0.4, 0.5) is 0 Å². The Bertz CT molecular complexity index is 266. The van der Waals surface area contributed by atoms with Crippen molar-refractivity contribution in [3.63, 3.8) is 0 Å². The van der Waals surface area contributed by atoms with Crippen LogP contribution in [0.15, 0.2) is 0 Å². The first-order chi connectivity index (χ1) is 6.80. The topological polar surface area (TPSA) is 23.6 Å². The van der Waals surface area contributed by atoms with Crippen molar-refractivity contribution >= 4 is 5.91 Å². The lowest BCUT2D eigenvalue weighted by Gasteiger charge is -2.61. The average molecular weight is 210 g/mol. The lowest BCUT2D eigenvalue weighted by Crippen LogP contribution is -2.73. The zero-order valence-corrected chi connectivity index (χ0v) is 10.3. The molecule has 0 bridgehead atoms. The molecule has 0 aromatic carbocycles. The van der Waals surface area contributed by atoms with Gasteiger partial charge in [-0.05, 0) is 5.41 Å². The number of carbonyl (C=O) groups excluding carboxylic acids is 1. The van der Waals surface area contributed by atoms with Crippen LogP contribution in [0.1, 0.15) is 27.7 Å². The summed E-state index contributed by atoms with van der Waals surface area (Å²) < 4.78 is 0. The zero-order valence-electron chi connectivity index (χ0n) is 10.3. The van der Waals surface area contributed by atoms with Gasteiger partial charge in [-0.2, -0.15) is 0 Å². The Labute approximate surface area is 92.4 Å². The maximum Gasteiger partial charge on any atom is 0.219 e. The standard InChI is InChI=1S/C12H22N2O/c1-10(15)14-8-12(9-14)6-13(7-12)5-11(2,3)4/h5-9H2,1-4H3. The monoisotopic (exact) mass is 210 g/mol. The zero-order chi connectivity index (χ0) is 11.3. The fourth-order valence-corrected chi connectivity index (χ4v) is 2.87. The highest BCUT2D eigenvalue weighted by atomic mass is 16.2. The SMILES string of the molecule is CC(=O)N1CC2(CN(CC(C)(C)C)C2)C1. The van der Waals surface area contributed by atoms with Gasteiger partial charge in [0.2, 0.25) is 5.91 Å². The Morgan fingerprint density at radius 1 is 1.20 bits per heavy atom. The Morgan fingerprint density at radius 3 is 2.13 bits per heavy atom. The minimum absolute atomic E-state index is 0.231. The van der Waals surface area contributed by atoms with Crippen molar-refractivity contribution in [1.29, 1.82) is 0 Å². The summed E-state index contributed by atoms with van der Waals surface area (Å²) in [5, 5.41) is 0. The van der Waals surface area contributed by atoms with Gasteiger partial charge in [0.05, 0.1) is 0 Å². The van der Waals surface area contributed by atoms with Crippen LogP contribution in [0, 0.1) is 10.8 Å². The Hall–Kier alpha value is -0.570. The maximum absolute atomic E-state index is 11.1. The molecule has 0 N–H and O–H groups in total. The van der Waals surface area contributed by atoms with Crippen molar-refractivity contribution in [1.82, 2.24) is 9.80 Å². The van der Waals surface area contributed by atoms with E-state index in [1.807, 2.05) is 4.90 Å². The number of hydrogen-bond acceptors (Lipinski definition) is 2. The van der Waals surface area contributed by atoms with Gasteiger partial charge in [0.15, 0.2) is 0 Å². The fourth-order valence-electron chi connectivity index (χ4n) is 2.87. The summed E-state index contributed by atoms with van der Waals surface area (Å²) in [6.45, 7) is 14.0. The molecular formula is C12H22N2O. The molecule has 3 nitrogen and oxygen atoms in total. The first kappa shape index (κ1) is 10.9. The van der Waals surface area contributed by atoms with E-state index >= 15 is 0 Å². The first-order valence-electron chi connectivity index (χ1n) is 5.78. The molecule has 1 spiro atoms. The van der Waals surface area contributed by atoms with E-state index in [2.05, 4.69) is 25.7 Å². The van der Waals surface area contributed by atoms with Gasteiger partial charge in [-0.3, -0.25) is 4.79 Å². The Kier molecular flexibility index (Phi) is 2.34. The van der Waals surface area contributed by atoms with Gasteiger partial charge < -0.3 is 9.80 Å². The van der Waals surface area contributed by atoms with Crippen LogP contribution in [0.2, 0.25) is 0 Å². The van der Waals surface area contributed by atoms with Crippen molar-refractivity contribution < 1.29 is 4.79 Å². The third-order valence-corrected chi connectivity index (χ3v) is 3.31. The van der Waals surface area contributed by atoms with Crippen LogP contribution in [0.3, 0.4) is 0 Å². The molecule has 0 aromatic heterocycles. The van der Waals surface area contributed by atoms with E-state index in [1.165, 1.54) is 19.6 Å². The summed E-state index contributed by atoms with van der Waals surface area (Å²) in [4.78, 5) is 15.5. The molecule has 2 saturated heterocycles. The molecule has 86 valence electrons. The summed E-state index contributed by atoms with van der Waals surface area (Å²) in [6.07, 6.45) is 0. The second-order valence-corrected chi connectivity index (χ2v) is 6.58. The molecule has 0 aliphatic carbocycles. The van der Waals surface area contributed by atoms with Gasteiger partial charge in [0.1, 0.15) is 0 Å². The number of rotatable bonds is 1. The fraction of sp³-hybridized carbons (Fsp3) is 0.917. The van der Waals surface area contributed by atoms with Crippen molar-refractivity contribution in [3.8, 4) is 0 Å². The van der Waals surface area contributed by atoms with Crippen LogP contribution >= 0.6 is 0 Å². The lowest BCUT2D eigenvalue weighted by atomic mass is 9.72. The van der Waals surface area contributed by atoms with Crippen LogP contribution in [-0.4, -0.2) is 48.4 Å². The van der Waals surface area contributed by atoms with Crippen molar-refractivity contribution in [2.45, 2.75) is 27.7 Å². The molecule has 3 heteroatoms. The minimum Gasteiger partial charge on any atom is -0.341 e. The highest BCUT2D eigenvalue weighted by Crippen LogP contribution is 2.40. The molecule has 1 amide bonds. The Balaban J connectivity index is 1.74. The summed E-state index contributed by atoms with van der Waals surface area (Å²) in [5.41, 5.74) is 0.864. The average Bonchev–Trinajstić information content (AvgIpc) is 1.87. The third-order valence-electron chi connectivity index (χ3n) is 3.31. The highest BCUT2D eigenvalue weighted by molar-refractivity contribution is 5.74. The van der Waals surface area contributed by atoms with E-state index in [4.69, 9.17) is 0 Å². The van der Waals surface area contributed by atoms with Crippen molar-refractivity contribution in [2.24, 2.45) is 10.8 Å². The predicted octanol–water partition coefficient (Wildman–Crippen LogP) is 1.20. The number of nitrogens with zero attached hydrogens (tertiary/aromatic N) is 2. The van der Waals surface area contributed by atoms with Crippen LogP contribution < -0.4 is 0 Å². The van der Waals surface area contributed by atoms with E-state index in [0.29, 0.717) is 10.8 Å². The minimum atomic E-state index is 0.231. The maximum atomic E-state index is 11.1. The number of hydrogen-bond donors (Lipinski definition) is 0. The molecule has 0 unspecified atom stereocenters. The highest BCUT2D eigenvalue weighted by Gasteiger charge is 2.52. The number of likely N-dealkylation sites (tertiary alicyclic amines) is 2. The summed E-state index contributed by atoms with van der Waals surface area (Å²) >= 11 is 0. The molecule has 0 saturated carbocycles. The van der Waals surface area contributed by atoms with E-state index in [-0.39, 0.29) is 5.91 Å². The van der Waals surface area contributed by atoms with E-state index in [0.717, 1.165) is 13.1 Å². The predicted molar refractivity (Wildman–Crippen MR) is 60.6 cm³/mol. The van der Waals surface area contributed by atoms with Gasteiger partial charge in [-0.15, -0.1) is 0 Å². The molecule has 2 aliphatic heterocycles. The van der Waals surface area contributed by atoms with Crippen molar-refractivity contribution in [2.75, 3.05) is 32.7 Å². The third kappa shape index (κ3) is 2.17. The molecule has 2 heterocycles. The molecule has 15 heavy (non-hydrogen) atoms. The molecule has 2 rings (SSSR count). The molecule has 2 fully saturated rings. The molecule has 0 atom stereocenters. The van der Waals surface area contributed by atoms with Crippen LogP contribution in [0.5, 0.6) is 0 Å². The number of amides is 1. The first-order valence-corrected chi connectivity index (χ1v) is 5.78. The number of carbonyl (C=O) groups is 1.